The summed E-state index contributed by atoms with van der Waals surface area (Å²) in [6, 6.07) is 4.54. The molecule has 4 rings (SSSR count). The minimum Gasteiger partial charge on any atom is -0.339 e. The predicted octanol–water partition coefficient (Wildman–Crippen LogP) is 3.97. The molecule has 1 aromatic rings. The molecule has 3 fully saturated rings. The fourth-order valence-corrected chi connectivity index (χ4v) is 5.03. The first-order chi connectivity index (χ1) is 13.5. The van der Waals surface area contributed by atoms with Crippen LogP contribution >= 0.6 is 11.6 Å². The number of carbonyl (C=O) groups excluding carboxylic acids is 3. The summed E-state index contributed by atoms with van der Waals surface area (Å²) in [4.78, 5) is 40.0. The van der Waals surface area contributed by atoms with E-state index in [1.807, 2.05) is 4.90 Å². The molecule has 1 aliphatic carbocycles. The summed E-state index contributed by atoms with van der Waals surface area (Å²) in [5, 5.41) is 2.68. The fraction of sp³-hybridized carbons (Fsp3) is 0.571. The Hall–Kier alpha value is -2.08. The molecule has 0 atom stereocenters. The van der Waals surface area contributed by atoms with E-state index in [0.29, 0.717) is 21.7 Å². The van der Waals surface area contributed by atoms with Gasteiger partial charge < -0.3 is 4.90 Å². The number of benzene rings is 1. The van der Waals surface area contributed by atoms with E-state index < -0.39 is 6.03 Å². The molecule has 1 saturated carbocycles. The van der Waals surface area contributed by atoms with E-state index in [0.717, 1.165) is 25.9 Å². The van der Waals surface area contributed by atoms with Crippen molar-refractivity contribution in [2.75, 3.05) is 24.5 Å². The Morgan fingerprint density at radius 1 is 1.00 bits per heavy atom. The monoisotopic (exact) mass is 403 g/mol. The number of halogens is 1. The zero-order valence-electron chi connectivity index (χ0n) is 16.0. The molecule has 4 amide bonds. The first kappa shape index (κ1) is 19.2. The van der Waals surface area contributed by atoms with Crippen LogP contribution in [0.25, 0.3) is 0 Å². The van der Waals surface area contributed by atoms with Crippen LogP contribution in [0.5, 0.6) is 0 Å². The van der Waals surface area contributed by atoms with Gasteiger partial charge in [-0.3, -0.25) is 19.8 Å². The Balaban J connectivity index is 1.48. The maximum Gasteiger partial charge on any atom is 0.328 e. The van der Waals surface area contributed by atoms with Crippen LogP contribution in [-0.4, -0.2) is 42.4 Å². The number of nitrogens with zero attached hydrogens (tertiary/aromatic N) is 2. The maximum atomic E-state index is 13.1. The van der Waals surface area contributed by atoms with Crippen LogP contribution in [0, 0.1) is 5.41 Å². The van der Waals surface area contributed by atoms with E-state index >= 15 is 0 Å². The van der Waals surface area contributed by atoms with Crippen molar-refractivity contribution in [2.24, 2.45) is 5.41 Å². The number of likely N-dealkylation sites (tertiary alicyclic amines) is 1. The largest absolute Gasteiger partial charge is 0.339 e. The summed E-state index contributed by atoms with van der Waals surface area (Å²) in [6.45, 7) is 1.83. The van der Waals surface area contributed by atoms with Gasteiger partial charge in [0.05, 0.1) is 10.7 Å². The Labute approximate surface area is 170 Å². The Kier molecular flexibility index (Phi) is 5.32. The molecule has 6 nitrogen and oxygen atoms in total. The molecule has 28 heavy (non-hydrogen) atoms. The van der Waals surface area contributed by atoms with Crippen LogP contribution in [0.4, 0.5) is 10.5 Å². The summed E-state index contributed by atoms with van der Waals surface area (Å²) in [5.74, 6) is -0.313. The highest BCUT2D eigenvalue weighted by Gasteiger charge is 2.37. The van der Waals surface area contributed by atoms with Crippen LogP contribution in [0.2, 0.25) is 5.02 Å². The van der Waals surface area contributed by atoms with Crippen molar-refractivity contribution in [3.8, 4) is 0 Å². The van der Waals surface area contributed by atoms with E-state index in [4.69, 9.17) is 11.6 Å². The molecule has 150 valence electrons. The predicted molar refractivity (Wildman–Crippen MR) is 108 cm³/mol. The molecule has 3 aliphatic rings. The van der Waals surface area contributed by atoms with Crippen LogP contribution in [0.15, 0.2) is 18.2 Å². The molecule has 0 bridgehead atoms. The normalized spacial score (nSPS) is 22.3. The summed E-state index contributed by atoms with van der Waals surface area (Å²) >= 11 is 6.29. The number of amides is 4. The smallest absolute Gasteiger partial charge is 0.328 e. The van der Waals surface area contributed by atoms with Crippen molar-refractivity contribution in [3.05, 3.63) is 28.8 Å². The first-order valence-electron chi connectivity index (χ1n) is 10.2. The third-order valence-electron chi connectivity index (χ3n) is 6.56. The number of piperidine rings is 1. The SMILES string of the molecule is O=C1CCN(c2cc(C(=O)N3CCC4(CCCCC4)CC3)ccc2Cl)C(=O)N1. The molecule has 1 spiro atoms. The topological polar surface area (TPSA) is 69.7 Å². The third-order valence-corrected chi connectivity index (χ3v) is 6.88. The van der Waals surface area contributed by atoms with Gasteiger partial charge in [-0.25, -0.2) is 4.79 Å². The van der Waals surface area contributed by atoms with Gasteiger partial charge >= 0.3 is 6.03 Å². The molecule has 0 unspecified atom stereocenters. The molecule has 2 aliphatic heterocycles. The molecule has 0 radical (unpaired) electrons. The number of nitrogens with one attached hydrogen (secondary N) is 1. The van der Waals surface area contributed by atoms with Crippen molar-refractivity contribution in [3.63, 3.8) is 0 Å². The zero-order chi connectivity index (χ0) is 19.7. The zero-order valence-corrected chi connectivity index (χ0v) is 16.8. The molecule has 7 heteroatoms. The van der Waals surface area contributed by atoms with Crippen molar-refractivity contribution in [1.29, 1.82) is 0 Å². The van der Waals surface area contributed by atoms with Crippen LogP contribution < -0.4 is 10.2 Å². The highest BCUT2D eigenvalue weighted by molar-refractivity contribution is 6.34. The summed E-state index contributed by atoms with van der Waals surface area (Å²) in [6.07, 6.45) is 8.93. The number of hydrogen-bond acceptors (Lipinski definition) is 3. The Bertz CT molecular complexity index is 794. The van der Waals surface area contributed by atoms with Gasteiger partial charge in [0, 0.05) is 31.6 Å². The highest BCUT2D eigenvalue weighted by Crippen LogP contribution is 2.44. The van der Waals surface area contributed by atoms with E-state index in [-0.39, 0.29) is 24.8 Å². The third kappa shape index (κ3) is 3.75. The lowest BCUT2D eigenvalue weighted by Crippen LogP contribution is -2.49. The van der Waals surface area contributed by atoms with Crippen molar-refractivity contribution < 1.29 is 14.4 Å². The molecular formula is C21H26ClN3O3. The van der Waals surface area contributed by atoms with Gasteiger partial charge in [0.15, 0.2) is 0 Å². The number of imide groups is 1. The average molecular weight is 404 g/mol. The van der Waals surface area contributed by atoms with Gasteiger partial charge in [0.25, 0.3) is 5.91 Å². The lowest BCUT2D eigenvalue weighted by atomic mass is 9.68. The van der Waals surface area contributed by atoms with Crippen LogP contribution in [-0.2, 0) is 4.79 Å². The van der Waals surface area contributed by atoms with Crippen molar-refractivity contribution in [2.45, 2.75) is 51.4 Å². The van der Waals surface area contributed by atoms with Crippen LogP contribution in [0.1, 0.15) is 61.7 Å². The fourth-order valence-electron chi connectivity index (χ4n) is 4.82. The minimum absolute atomic E-state index is 0.0166. The van der Waals surface area contributed by atoms with Gasteiger partial charge in [-0.1, -0.05) is 30.9 Å². The van der Waals surface area contributed by atoms with Gasteiger partial charge in [-0.2, -0.15) is 0 Å². The second-order valence-electron chi connectivity index (χ2n) is 8.27. The van der Waals surface area contributed by atoms with Gasteiger partial charge in [0.2, 0.25) is 5.91 Å². The van der Waals surface area contributed by atoms with Gasteiger partial charge in [-0.15, -0.1) is 0 Å². The number of urea groups is 1. The minimum atomic E-state index is -0.500. The second-order valence-corrected chi connectivity index (χ2v) is 8.68. The number of hydrogen-bond donors (Lipinski definition) is 1. The first-order valence-corrected chi connectivity index (χ1v) is 10.6. The van der Waals surface area contributed by atoms with E-state index in [1.54, 1.807) is 18.2 Å². The van der Waals surface area contributed by atoms with E-state index in [9.17, 15) is 14.4 Å². The lowest BCUT2D eigenvalue weighted by molar-refractivity contribution is -0.120. The number of rotatable bonds is 2. The molecule has 1 N–H and O–H groups in total. The standard InChI is InChI=1S/C21H26ClN3O3/c22-16-5-4-15(14-17(16)25-11-6-18(26)23-20(25)28)19(27)24-12-9-21(10-13-24)7-2-1-3-8-21/h4-5,14H,1-3,6-13H2,(H,23,26,28). The average Bonchev–Trinajstić information content (AvgIpc) is 2.70. The second kappa shape index (κ2) is 7.74. The molecule has 2 saturated heterocycles. The Morgan fingerprint density at radius 2 is 1.71 bits per heavy atom. The maximum absolute atomic E-state index is 13.1. The quantitative estimate of drug-likeness (QED) is 0.812. The number of anilines is 1. The summed E-state index contributed by atoms with van der Waals surface area (Å²) < 4.78 is 0. The van der Waals surface area contributed by atoms with Crippen molar-refractivity contribution >= 4 is 35.1 Å². The summed E-state index contributed by atoms with van der Waals surface area (Å²) in [7, 11) is 0. The van der Waals surface area contributed by atoms with E-state index in [2.05, 4.69) is 5.32 Å². The molecule has 2 heterocycles. The lowest BCUT2D eigenvalue weighted by Gasteiger charge is -2.44. The van der Waals surface area contributed by atoms with E-state index in [1.165, 1.54) is 37.0 Å². The molecular weight excluding hydrogens is 378 g/mol. The molecule has 1 aromatic carbocycles. The van der Waals surface area contributed by atoms with Gasteiger partial charge in [0.1, 0.15) is 0 Å². The van der Waals surface area contributed by atoms with Crippen LogP contribution in [0.3, 0.4) is 0 Å². The Morgan fingerprint density at radius 3 is 2.39 bits per heavy atom. The summed E-state index contributed by atoms with van der Waals surface area (Å²) in [5.41, 5.74) is 1.44. The van der Waals surface area contributed by atoms with Gasteiger partial charge in [-0.05, 0) is 49.3 Å². The van der Waals surface area contributed by atoms with Crippen molar-refractivity contribution in [1.82, 2.24) is 10.2 Å². The molecule has 0 aromatic heterocycles. The highest BCUT2D eigenvalue weighted by atomic mass is 35.5. The number of carbonyl (C=O) groups is 3.